The van der Waals surface area contributed by atoms with Crippen molar-refractivity contribution in [1.82, 2.24) is 15.6 Å². The lowest BCUT2D eigenvalue weighted by Crippen LogP contribution is -2.39. The number of guanidine groups is 1. The van der Waals surface area contributed by atoms with E-state index >= 15 is 0 Å². The number of methoxy groups -OCH3 is 1. The van der Waals surface area contributed by atoms with Crippen molar-refractivity contribution in [2.24, 2.45) is 4.99 Å². The third-order valence-electron chi connectivity index (χ3n) is 3.78. The molecule has 2 aromatic rings. The number of aliphatic imine (C=N–C) groups is 1. The van der Waals surface area contributed by atoms with Crippen molar-refractivity contribution in [3.8, 4) is 11.5 Å². The Morgan fingerprint density at radius 1 is 1.28 bits per heavy atom. The van der Waals surface area contributed by atoms with E-state index < -0.39 is 0 Å². The zero-order valence-electron chi connectivity index (χ0n) is 15.0. The van der Waals surface area contributed by atoms with Gasteiger partial charge in [0.2, 0.25) is 0 Å². The van der Waals surface area contributed by atoms with Crippen LogP contribution in [-0.2, 0) is 19.3 Å². The third-order valence-corrected chi connectivity index (χ3v) is 4.99. The quantitative estimate of drug-likeness (QED) is 0.496. The fourth-order valence-corrected chi connectivity index (χ4v) is 3.20. The number of phenols is 1. The van der Waals surface area contributed by atoms with Crippen molar-refractivity contribution < 1.29 is 9.84 Å². The number of aromatic hydroxyl groups is 1. The molecule has 0 aliphatic heterocycles. The molecule has 2 rings (SSSR count). The molecule has 0 saturated carbocycles. The summed E-state index contributed by atoms with van der Waals surface area (Å²) >= 11 is 1.76. The van der Waals surface area contributed by atoms with Crippen LogP contribution >= 0.6 is 11.3 Å². The SMILES string of the molecule is CCc1cnc(CCNC(=NC)NCCc2ccc(OC)cc2O)s1. The zero-order valence-corrected chi connectivity index (χ0v) is 15.8. The highest BCUT2D eigenvalue weighted by Gasteiger charge is 2.05. The number of hydrogen-bond acceptors (Lipinski definition) is 5. The topological polar surface area (TPSA) is 78.8 Å². The van der Waals surface area contributed by atoms with Gasteiger partial charge in [0.15, 0.2) is 5.96 Å². The van der Waals surface area contributed by atoms with Crippen LogP contribution in [0.1, 0.15) is 22.4 Å². The van der Waals surface area contributed by atoms with E-state index in [1.807, 2.05) is 18.3 Å². The number of aromatic nitrogens is 1. The first-order chi connectivity index (χ1) is 12.2. The maximum absolute atomic E-state index is 9.98. The summed E-state index contributed by atoms with van der Waals surface area (Å²) < 4.78 is 5.09. The summed E-state index contributed by atoms with van der Waals surface area (Å²) in [6.07, 6.45) is 4.56. The largest absolute Gasteiger partial charge is 0.508 e. The summed E-state index contributed by atoms with van der Waals surface area (Å²) in [4.78, 5) is 9.95. The van der Waals surface area contributed by atoms with E-state index in [1.54, 1.807) is 31.6 Å². The van der Waals surface area contributed by atoms with Crippen LogP contribution in [0.15, 0.2) is 29.4 Å². The van der Waals surface area contributed by atoms with Crippen LogP contribution in [0.3, 0.4) is 0 Å². The molecule has 136 valence electrons. The van der Waals surface area contributed by atoms with E-state index in [0.717, 1.165) is 35.9 Å². The number of nitrogens with zero attached hydrogens (tertiary/aromatic N) is 2. The normalized spacial score (nSPS) is 11.4. The Labute approximate surface area is 153 Å². The Morgan fingerprint density at radius 2 is 2.04 bits per heavy atom. The molecule has 0 amide bonds. The molecule has 0 bridgehead atoms. The second-order valence-corrected chi connectivity index (χ2v) is 6.69. The van der Waals surface area contributed by atoms with E-state index in [4.69, 9.17) is 4.74 Å². The van der Waals surface area contributed by atoms with Crippen LogP contribution < -0.4 is 15.4 Å². The van der Waals surface area contributed by atoms with Crippen molar-refractivity contribution in [2.45, 2.75) is 26.2 Å². The minimum absolute atomic E-state index is 0.250. The van der Waals surface area contributed by atoms with Crippen molar-refractivity contribution in [1.29, 1.82) is 0 Å². The van der Waals surface area contributed by atoms with Crippen LogP contribution in [0.4, 0.5) is 0 Å². The lowest BCUT2D eigenvalue weighted by atomic mass is 10.1. The molecule has 3 N–H and O–H groups in total. The molecule has 0 atom stereocenters. The van der Waals surface area contributed by atoms with Crippen LogP contribution in [-0.4, -0.2) is 43.3 Å². The molecule has 6 nitrogen and oxygen atoms in total. The van der Waals surface area contributed by atoms with Crippen molar-refractivity contribution in [3.63, 3.8) is 0 Å². The van der Waals surface area contributed by atoms with Crippen LogP contribution in [0, 0.1) is 0 Å². The average Bonchev–Trinajstić information content (AvgIpc) is 3.09. The molecule has 0 unspecified atom stereocenters. The van der Waals surface area contributed by atoms with Gasteiger partial charge in [0.25, 0.3) is 0 Å². The predicted octanol–water partition coefficient (Wildman–Crippen LogP) is 2.37. The minimum atomic E-state index is 0.250. The number of nitrogens with one attached hydrogen (secondary N) is 2. The molecule has 7 heteroatoms. The van der Waals surface area contributed by atoms with Gasteiger partial charge in [-0.25, -0.2) is 4.98 Å². The lowest BCUT2D eigenvalue weighted by molar-refractivity contribution is 0.406. The smallest absolute Gasteiger partial charge is 0.191 e. The Bertz CT molecular complexity index is 700. The third kappa shape index (κ3) is 5.94. The van der Waals surface area contributed by atoms with Gasteiger partial charge in [-0.1, -0.05) is 13.0 Å². The van der Waals surface area contributed by atoms with Crippen molar-refractivity contribution in [2.75, 3.05) is 27.2 Å². The number of benzene rings is 1. The lowest BCUT2D eigenvalue weighted by Gasteiger charge is -2.12. The average molecular weight is 362 g/mol. The zero-order chi connectivity index (χ0) is 18.1. The standard InChI is InChI=1S/C18H26N4O2S/c1-4-15-12-22-17(25-15)8-10-21-18(19-2)20-9-7-13-5-6-14(24-3)11-16(13)23/h5-6,11-12,23H,4,7-10H2,1-3H3,(H2,19,20,21). The van der Waals surface area contributed by atoms with Gasteiger partial charge in [-0.05, 0) is 24.5 Å². The van der Waals surface area contributed by atoms with Gasteiger partial charge >= 0.3 is 0 Å². The molecule has 0 aliphatic rings. The number of ether oxygens (including phenoxy) is 1. The molecular weight excluding hydrogens is 336 g/mol. The van der Waals surface area contributed by atoms with Gasteiger partial charge < -0.3 is 20.5 Å². The van der Waals surface area contributed by atoms with Gasteiger partial charge in [0.1, 0.15) is 11.5 Å². The summed E-state index contributed by atoms with van der Waals surface area (Å²) in [7, 11) is 3.33. The fraction of sp³-hybridized carbons (Fsp3) is 0.444. The fourth-order valence-electron chi connectivity index (χ4n) is 2.33. The Morgan fingerprint density at radius 3 is 2.64 bits per heavy atom. The maximum Gasteiger partial charge on any atom is 0.191 e. The molecule has 1 aromatic carbocycles. The second-order valence-electron chi connectivity index (χ2n) is 5.49. The summed E-state index contributed by atoms with van der Waals surface area (Å²) in [6, 6.07) is 5.35. The Balaban J connectivity index is 1.73. The molecule has 0 fully saturated rings. The number of hydrogen-bond donors (Lipinski definition) is 3. The van der Waals surface area contributed by atoms with Gasteiger partial charge in [0.05, 0.1) is 12.1 Å². The molecule has 0 aliphatic carbocycles. The number of phenolic OH excluding ortho intramolecular Hbond substituents is 1. The van der Waals surface area contributed by atoms with Crippen LogP contribution in [0.2, 0.25) is 0 Å². The van der Waals surface area contributed by atoms with Crippen LogP contribution in [0.5, 0.6) is 11.5 Å². The Hall–Kier alpha value is -2.28. The maximum atomic E-state index is 9.98. The number of rotatable bonds is 8. The molecule has 1 heterocycles. The minimum Gasteiger partial charge on any atom is -0.508 e. The number of thiazole rings is 1. The van der Waals surface area contributed by atoms with E-state index in [9.17, 15) is 5.11 Å². The first-order valence-electron chi connectivity index (χ1n) is 8.40. The van der Waals surface area contributed by atoms with E-state index in [2.05, 4.69) is 27.5 Å². The van der Waals surface area contributed by atoms with Crippen molar-refractivity contribution >= 4 is 17.3 Å². The highest BCUT2D eigenvalue weighted by molar-refractivity contribution is 7.11. The van der Waals surface area contributed by atoms with Crippen molar-refractivity contribution in [3.05, 3.63) is 39.8 Å². The number of aryl methyl sites for hydroxylation is 1. The molecule has 25 heavy (non-hydrogen) atoms. The second kappa shape index (κ2) is 9.88. The first kappa shape index (κ1) is 19.1. The first-order valence-corrected chi connectivity index (χ1v) is 9.21. The van der Waals surface area contributed by atoms with E-state index in [-0.39, 0.29) is 5.75 Å². The summed E-state index contributed by atoms with van der Waals surface area (Å²) in [6.45, 7) is 3.60. The molecule has 1 aromatic heterocycles. The molecule has 0 radical (unpaired) electrons. The van der Waals surface area contributed by atoms with Crippen LogP contribution in [0.25, 0.3) is 0 Å². The van der Waals surface area contributed by atoms with E-state index in [0.29, 0.717) is 18.7 Å². The highest BCUT2D eigenvalue weighted by atomic mass is 32.1. The molecular formula is C18H26N4O2S. The van der Waals surface area contributed by atoms with Gasteiger partial charge in [-0.15, -0.1) is 11.3 Å². The summed E-state index contributed by atoms with van der Waals surface area (Å²) in [5.41, 5.74) is 0.874. The van der Waals surface area contributed by atoms with E-state index in [1.165, 1.54) is 4.88 Å². The monoisotopic (exact) mass is 362 g/mol. The predicted molar refractivity (Wildman–Crippen MR) is 103 cm³/mol. The Kier molecular flexibility index (Phi) is 7.53. The van der Waals surface area contributed by atoms with Gasteiger partial charge in [0, 0.05) is 43.7 Å². The molecule has 0 spiro atoms. The van der Waals surface area contributed by atoms with Gasteiger partial charge in [-0.2, -0.15) is 0 Å². The molecule has 0 saturated heterocycles. The van der Waals surface area contributed by atoms with Gasteiger partial charge in [-0.3, -0.25) is 4.99 Å². The highest BCUT2D eigenvalue weighted by Crippen LogP contribution is 2.23. The summed E-state index contributed by atoms with van der Waals surface area (Å²) in [5, 5.41) is 17.7. The summed E-state index contributed by atoms with van der Waals surface area (Å²) in [5.74, 6) is 1.65.